The van der Waals surface area contributed by atoms with Gasteiger partial charge >= 0.3 is 6.09 Å². The highest BCUT2D eigenvalue weighted by Gasteiger charge is 2.30. The number of primary amides is 1. The molecule has 152 valence electrons. The van der Waals surface area contributed by atoms with Crippen molar-refractivity contribution in [1.29, 1.82) is 0 Å². The fourth-order valence-corrected chi connectivity index (χ4v) is 4.94. The predicted octanol–water partition coefficient (Wildman–Crippen LogP) is 3.20. The number of ether oxygens (including phenoxy) is 1. The van der Waals surface area contributed by atoms with E-state index in [0.29, 0.717) is 17.9 Å². The summed E-state index contributed by atoms with van der Waals surface area (Å²) in [7, 11) is 0. The van der Waals surface area contributed by atoms with Crippen molar-refractivity contribution in [2.24, 2.45) is 11.7 Å². The highest BCUT2D eigenvalue weighted by molar-refractivity contribution is 5.83. The summed E-state index contributed by atoms with van der Waals surface area (Å²) in [6.45, 7) is 6.32. The van der Waals surface area contributed by atoms with E-state index in [1.807, 2.05) is 6.92 Å². The maximum atomic E-state index is 10.9. The Morgan fingerprint density at radius 3 is 2.89 bits per heavy atom. The normalized spacial score (nSPS) is 25.2. The van der Waals surface area contributed by atoms with Crippen molar-refractivity contribution < 1.29 is 9.53 Å². The zero-order valence-electron chi connectivity index (χ0n) is 16.7. The number of nitrogens with zero attached hydrogens (tertiary/aromatic N) is 1. The Labute approximate surface area is 166 Å². The number of aromatic nitrogens is 1. The topological polar surface area (TPSA) is 83.4 Å². The molecule has 2 aliphatic rings. The van der Waals surface area contributed by atoms with E-state index in [9.17, 15) is 4.79 Å². The van der Waals surface area contributed by atoms with Gasteiger partial charge in [0.25, 0.3) is 0 Å². The van der Waals surface area contributed by atoms with Gasteiger partial charge < -0.3 is 25.7 Å². The first-order chi connectivity index (χ1) is 13.6. The number of H-pyrrole nitrogens is 1. The van der Waals surface area contributed by atoms with Crippen molar-refractivity contribution in [3.63, 3.8) is 0 Å². The first kappa shape index (κ1) is 19.3. The first-order valence-electron chi connectivity index (χ1n) is 10.6. The summed E-state index contributed by atoms with van der Waals surface area (Å²) in [6, 6.07) is 9.12. The van der Waals surface area contributed by atoms with Gasteiger partial charge in [-0.15, -0.1) is 0 Å². The summed E-state index contributed by atoms with van der Waals surface area (Å²) in [5.74, 6) is 1.03. The Bertz CT molecular complexity index is 797. The lowest BCUT2D eigenvalue weighted by Crippen LogP contribution is -2.36. The first-order valence-corrected chi connectivity index (χ1v) is 10.6. The molecule has 4 rings (SSSR count). The number of hydrogen-bond acceptors (Lipinski definition) is 4. The summed E-state index contributed by atoms with van der Waals surface area (Å²) in [6.07, 6.45) is 6.09. The van der Waals surface area contributed by atoms with Gasteiger partial charge in [-0.05, 0) is 69.8 Å². The van der Waals surface area contributed by atoms with Gasteiger partial charge in [-0.2, -0.15) is 0 Å². The standard InChI is InChI=1S/C22H32N4O2/c1-15(28-22(23)27)17-12-18(24-13-17)8-11-26-9-6-16(7-10-26)20-14-25-21-5-3-2-4-19(20)21/h2-5,14-18,24-25H,6-13H2,1H3,(H2,23,27)/t15?,17-,18+/m1/s1. The van der Waals surface area contributed by atoms with Crippen LogP contribution < -0.4 is 11.1 Å². The molecule has 1 unspecified atom stereocenters. The number of para-hydroxylation sites is 1. The molecule has 0 spiro atoms. The molecule has 1 aromatic heterocycles. The minimum Gasteiger partial charge on any atom is -0.446 e. The molecular weight excluding hydrogens is 352 g/mol. The van der Waals surface area contributed by atoms with E-state index in [2.05, 4.69) is 45.7 Å². The number of piperidine rings is 1. The quantitative estimate of drug-likeness (QED) is 0.714. The molecule has 3 atom stereocenters. The Balaban J connectivity index is 1.22. The van der Waals surface area contributed by atoms with Crippen LogP contribution in [0.15, 0.2) is 30.5 Å². The molecule has 0 aliphatic carbocycles. The molecule has 3 heterocycles. The van der Waals surface area contributed by atoms with E-state index in [0.717, 1.165) is 25.9 Å². The maximum absolute atomic E-state index is 10.9. The van der Waals surface area contributed by atoms with Crippen LogP contribution in [0, 0.1) is 5.92 Å². The molecular formula is C22H32N4O2. The van der Waals surface area contributed by atoms with Crippen LogP contribution in [-0.2, 0) is 4.74 Å². The van der Waals surface area contributed by atoms with Gasteiger partial charge in [0.15, 0.2) is 0 Å². The predicted molar refractivity (Wildman–Crippen MR) is 111 cm³/mol. The van der Waals surface area contributed by atoms with Crippen molar-refractivity contribution in [2.45, 2.75) is 50.7 Å². The largest absolute Gasteiger partial charge is 0.446 e. The monoisotopic (exact) mass is 384 g/mol. The number of fused-ring (bicyclic) bond motifs is 1. The van der Waals surface area contributed by atoms with Crippen LogP contribution in [0.3, 0.4) is 0 Å². The maximum Gasteiger partial charge on any atom is 0.404 e. The molecule has 6 nitrogen and oxygen atoms in total. The number of amides is 1. The molecule has 0 bridgehead atoms. The number of hydrogen-bond donors (Lipinski definition) is 3. The molecule has 1 aromatic carbocycles. The number of carbonyl (C=O) groups excluding carboxylic acids is 1. The van der Waals surface area contributed by atoms with Crippen molar-refractivity contribution in [2.75, 3.05) is 26.2 Å². The van der Waals surface area contributed by atoms with Crippen LogP contribution in [0.25, 0.3) is 10.9 Å². The van der Waals surface area contributed by atoms with Crippen LogP contribution in [-0.4, -0.2) is 54.3 Å². The number of aromatic amines is 1. The second kappa shape index (κ2) is 8.53. The molecule has 0 saturated carbocycles. The minimum atomic E-state index is -0.672. The van der Waals surface area contributed by atoms with E-state index in [1.165, 1.54) is 42.4 Å². The van der Waals surface area contributed by atoms with E-state index in [4.69, 9.17) is 10.5 Å². The molecule has 2 fully saturated rings. The van der Waals surface area contributed by atoms with Crippen molar-refractivity contribution in [3.8, 4) is 0 Å². The fraction of sp³-hybridized carbons (Fsp3) is 0.591. The highest BCUT2D eigenvalue weighted by Crippen LogP contribution is 2.33. The van der Waals surface area contributed by atoms with Crippen LogP contribution in [0.4, 0.5) is 4.79 Å². The summed E-state index contributed by atoms with van der Waals surface area (Å²) in [5, 5.41) is 4.97. The third-order valence-corrected chi connectivity index (χ3v) is 6.66. The Kier molecular flexibility index (Phi) is 5.87. The van der Waals surface area contributed by atoms with Crippen LogP contribution >= 0.6 is 0 Å². The highest BCUT2D eigenvalue weighted by atomic mass is 16.6. The molecule has 4 N–H and O–H groups in total. The Hall–Kier alpha value is -2.05. The van der Waals surface area contributed by atoms with Crippen molar-refractivity contribution in [3.05, 3.63) is 36.0 Å². The summed E-state index contributed by atoms with van der Waals surface area (Å²) >= 11 is 0. The average molecular weight is 385 g/mol. The third-order valence-electron chi connectivity index (χ3n) is 6.66. The average Bonchev–Trinajstić information content (AvgIpc) is 3.34. The van der Waals surface area contributed by atoms with Gasteiger partial charge in [0, 0.05) is 35.6 Å². The molecule has 2 aliphatic heterocycles. The van der Waals surface area contributed by atoms with Crippen molar-refractivity contribution >= 4 is 17.0 Å². The van der Waals surface area contributed by atoms with E-state index in [1.54, 1.807) is 0 Å². The Morgan fingerprint density at radius 2 is 2.11 bits per heavy atom. The van der Waals surface area contributed by atoms with Gasteiger partial charge in [-0.1, -0.05) is 18.2 Å². The second-order valence-corrected chi connectivity index (χ2v) is 8.44. The molecule has 2 saturated heterocycles. The summed E-state index contributed by atoms with van der Waals surface area (Å²) < 4.78 is 5.14. The van der Waals surface area contributed by atoms with Gasteiger partial charge in [0.05, 0.1) is 0 Å². The fourth-order valence-electron chi connectivity index (χ4n) is 4.94. The van der Waals surface area contributed by atoms with Crippen molar-refractivity contribution in [1.82, 2.24) is 15.2 Å². The molecule has 1 amide bonds. The third kappa shape index (κ3) is 4.33. The molecule has 0 radical (unpaired) electrons. The number of likely N-dealkylation sites (tertiary alicyclic amines) is 1. The SMILES string of the molecule is CC(OC(N)=O)[C@H]1CN[C@@H](CCN2CCC(c3c[nH]c4ccccc34)CC2)C1. The zero-order valence-corrected chi connectivity index (χ0v) is 16.7. The number of carbonyl (C=O) groups is 1. The molecule has 6 heteroatoms. The molecule has 2 aromatic rings. The number of nitrogens with two attached hydrogens (primary N) is 1. The second-order valence-electron chi connectivity index (χ2n) is 8.44. The van der Waals surface area contributed by atoms with Gasteiger partial charge in [0.2, 0.25) is 0 Å². The number of nitrogens with one attached hydrogen (secondary N) is 2. The lowest BCUT2D eigenvalue weighted by molar-refractivity contribution is 0.0845. The van der Waals surface area contributed by atoms with Crippen LogP contribution in [0.2, 0.25) is 0 Å². The number of benzene rings is 1. The van der Waals surface area contributed by atoms with E-state index >= 15 is 0 Å². The molecule has 28 heavy (non-hydrogen) atoms. The van der Waals surface area contributed by atoms with Crippen LogP contribution in [0.5, 0.6) is 0 Å². The summed E-state index contributed by atoms with van der Waals surface area (Å²) in [5.41, 5.74) is 7.87. The van der Waals surface area contributed by atoms with Gasteiger partial charge in [-0.3, -0.25) is 0 Å². The van der Waals surface area contributed by atoms with Gasteiger partial charge in [-0.25, -0.2) is 4.79 Å². The summed E-state index contributed by atoms with van der Waals surface area (Å²) in [4.78, 5) is 17.0. The van der Waals surface area contributed by atoms with E-state index < -0.39 is 6.09 Å². The Morgan fingerprint density at radius 1 is 1.32 bits per heavy atom. The lowest BCUT2D eigenvalue weighted by atomic mass is 9.89. The van der Waals surface area contributed by atoms with E-state index in [-0.39, 0.29) is 6.10 Å². The number of rotatable bonds is 6. The lowest BCUT2D eigenvalue weighted by Gasteiger charge is -2.32. The van der Waals surface area contributed by atoms with Gasteiger partial charge in [0.1, 0.15) is 6.10 Å². The zero-order chi connectivity index (χ0) is 19.5. The minimum absolute atomic E-state index is 0.109. The smallest absolute Gasteiger partial charge is 0.404 e. The van der Waals surface area contributed by atoms with Crippen LogP contribution in [0.1, 0.15) is 44.1 Å².